The van der Waals surface area contributed by atoms with E-state index in [0.29, 0.717) is 0 Å². The molecular formula is C25H31F6N6PRu. The van der Waals surface area contributed by atoms with Crippen LogP contribution in [0.1, 0.15) is 19.4 Å². The molecule has 3 rings (SSSR count). The van der Waals surface area contributed by atoms with Gasteiger partial charge in [-0.15, -0.1) is 11.6 Å². The largest absolute Gasteiger partial charge is 2.00 e. The first kappa shape index (κ1) is 40.4. The van der Waals surface area contributed by atoms with Gasteiger partial charge in [0.2, 0.25) is 0 Å². The molecule has 6 nitrogen and oxygen atoms in total. The number of nitrogens with zero attached hydrogens (tertiary/aromatic N) is 6. The van der Waals surface area contributed by atoms with Gasteiger partial charge in [0.05, 0.1) is 23.5 Å². The molecule has 0 unspecified atom stereocenters. The van der Waals surface area contributed by atoms with Crippen LogP contribution in [-0.2, 0) is 26.0 Å². The predicted molar refractivity (Wildman–Crippen MR) is 141 cm³/mol. The van der Waals surface area contributed by atoms with Gasteiger partial charge in [0.1, 0.15) is 0 Å². The maximum absolute atomic E-state index is 10.7. The molecule has 0 fully saturated rings. The fraction of sp³-hybridized carbons (Fsp3) is 0.280. The summed E-state index contributed by atoms with van der Waals surface area (Å²) in [4.78, 5) is 12.6. The van der Waals surface area contributed by atoms with E-state index in [1.165, 1.54) is 25.1 Å². The van der Waals surface area contributed by atoms with Gasteiger partial charge in [-0.1, -0.05) is 17.8 Å². The zero-order valence-corrected chi connectivity index (χ0v) is 24.9. The summed E-state index contributed by atoms with van der Waals surface area (Å²) >= 11 is 0. The Labute approximate surface area is 238 Å². The SMILES string of the molecule is CC#N.CC#N.CN(C)Cc1[c-]cc(N(C)C)cc1.F[P-](F)(F)(F)(F)F.[Ru+2].c1ccc(-c2ccccn2)nc1. The molecule has 0 N–H and O–H groups in total. The summed E-state index contributed by atoms with van der Waals surface area (Å²) in [6.45, 7) is 3.81. The molecule has 0 amide bonds. The van der Waals surface area contributed by atoms with Crippen molar-refractivity contribution in [2.75, 3.05) is 33.1 Å². The molecule has 0 aliphatic carbocycles. The van der Waals surface area contributed by atoms with Crippen LogP contribution in [0.2, 0.25) is 0 Å². The zero-order chi connectivity index (χ0) is 29.9. The van der Waals surface area contributed by atoms with Crippen molar-refractivity contribution in [1.29, 1.82) is 10.5 Å². The van der Waals surface area contributed by atoms with Crippen molar-refractivity contribution in [2.24, 2.45) is 0 Å². The topological polar surface area (TPSA) is 79.8 Å². The summed E-state index contributed by atoms with van der Waals surface area (Å²) in [6, 6.07) is 24.6. The summed E-state index contributed by atoms with van der Waals surface area (Å²) in [5, 5.41) is 14.6. The number of benzene rings is 1. The average molecular weight is 662 g/mol. The third-order valence-electron chi connectivity index (χ3n) is 3.46. The fourth-order valence-corrected chi connectivity index (χ4v) is 2.19. The van der Waals surface area contributed by atoms with Crippen molar-refractivity contribution >= 4 is 13.5 Å². The summed E-state index contributed by atoms with van der Waals surface area (Å²) in [6.07, 6.45) is 3.54. The Morgan fingerprint density at radius 3 is 1.38 bits per heavy atom. The number of rotatable bonds is 4. The third-order valence-corrected chi connectivity index (χ3v) is 3.46. The molecule has 3 aromatic rings. The van der Waals surface area contributed by atoms with Crippen LogP contribution in [0, 0.1) is 28.7 Å². The molecule has 0 spiro atoms. The van der Waals surface area contributed by atoms with Gasteiger partial charge in [0, 0.05) is 32.8 Å². The van der Waals surface area contributed by atoms with E-state index in [4.69, 9.17) is 10.5 Å². The Bertz CT molecular complexity index is 1060. The number of anilines is 1. The normalized spacial score (nSPS) is 11.1. The van der Waals surface area contributed by atoms with Gasteiger partial charge in [-0.05, 0) is 52.5 Å². The number of hydrogen-bond donors (Lipinski definition) is 0. The molecular weight excluding hydrogens is 630 g/mol. The molecule has 0 aliphatic rings. The van der Waals surface area contributed by atoms with Crippen LogP contribution < -0.4 is 4.90 Å². The van der Waals surface area contributed by atoms with Gasteiger partial charge >= 0.3 is 52.5 Å². The Morgan fingerprint density at radius 1 is 0.769 bits per heavy atom. The number of pyridine rings is 2. The minimum Gasteiger partial charge on any atom is -0.255 e. The molecule has 39 heavy (non-hydrogen) atoms. The van der Waals surface area contributed by atoms with Gasteiger partial charge in [0.25, 0.3) is 0 Å². The first-order valence-electron chi connectivity index (χ1n) is 10.7. The van der Waals surface area contributed by atoms with Crippen LogP contribution in [0.25, 0.3) is 11.4 Å². The Hall–Kier alpha value is -3.11. The van der Waals surface area contributed by atoms with Crippen LogP contribution in [0.3, 0.4) is 0 Å². The second-order valence-corrected chi connectivity index (χ2v) is 9.46. The number of nitriles is 2. The monoisotopic (exact) mass is 662 g/mol. The first-order valence-corrected chi connectivity index (χ1v) is 12.7. The Balaban J connectivity index is -0.000000461. The Morgan fingerprint density at radius 2 is 1.15 bits per heavy atom. The van der Waals surface area contributed by atoms with Crippen molar-refractivity contribution in [1.82, 2.24) is 14.9 Å². The minimum absolute atomic E-state index is 0. The first-order chi connectivity index (χ1) is 17.3. The molecule has 0 bridgehead atoms. The molecule has 0 radical (unpaired) electrons. The van der Waals surface area contributed by atoms with E-state index in [-0.39, 0.29) is 19.5 Å². The van der Waals surface area contributed by atoms with Crippen molar-refractivity contribution in [3.63, 3.8) is 0 Å². The quantitative estimate of drug-likeness (QED) is 0.121. The van der Waals surface area contributed by atoms with Gasteiger partial charge in [-0.2, -0.15) is 28.7 Å². The van der Waals surface area contributed by atoms with E-state index in [2.05, 4.69) is 52.1 Å². The smallest absolute Gasteiger partial charge is 0.255 e. The van der Waals surface area contributed by atoms with Gasteiger partial charge < -0.3 is 9.80 Å². The third kappa shape index (κ3) is 31.0. The molecule has 2 heterocycles. The molecule has 0 saturated carbocycles. The van der Waals surface area contributed by atoms with E-state index in [1.54, 1.807) is 24.5 Å². The van der Waals surface area contributed by atoms with E-state index < -0.39 is 7.81 Å². The van der Waals surface area contributed by atoms with E-state index >= 15 is 0 Å². The average Bonchev–Trinajstić information content (AvgIpc) is 2.80. The molecule has 14 heteroatoms. The van der Waals surface area contributed by atoms with Gasteiger partial charge in [-0.25, -0.2) is 0 Å². The van der Waals surface area contributed by atoms with Crippen LogP contribution in [0.5, 0.6) is 0 Å². The van der Waals surface area contributed by atoms with E-state index in [0.717, 1.165) is 17.9 Å². The fourth-order valence-electron chi connectivity index (χ4n) is 2.19. The van der Waals surface area contributed by atoms with Crippen molar-refractivity contribution < 1.29 is 44.7 Å². The molecule has 2 aromatic heterocycles. The number of hydrogen-bond acceptors (Lipinski definition) is 6. The summed E-state index contributed by atoms with van der Waals surface area (Å²) in [7, 11) is -2.46. The number of aromatic nitrogens is 2. The Kier molecular flexibility index (Phi) is 18.9. The van der Waals surface area contributed by atoms with Crippen LogP contribution in [0.4, 0.5) is 30.9 Å². The molecule has 0 atom stereocenters. The summed E-state index contributed by atoms with van der Waals surface area (Å²) < 4.78 is 59.2. The van der Waals surface area contributed by atoms with E-state index in [1.807, 2.05) is 56.6 Å². The van der Waals surface area contributed by atoms with Crippen LogP contribution in [0.15, 0.2) is 67.0 Å². The maximum Gasteiger partial charge on any atom is 2.00 e. The van der Waals surface area contributed by atoms with Gasteiger partial charge in [0.15, 0.2) is 0 Å². The zero-order valence-electron chi connectivity index (χ0n) is 22.3. The molecule has 1 aromatic carbocycles. The predicted octanol–water partition coefficient (Wildman–Crippen LogP) is 8.20. The summed E-state index contributed by atoms with van der Waals surface area (Å²) in [5.74, 6) is 0. The van der Waals surface area contributed by atoms with Crippen molar-refractivity contribution in [3.8, 4) is 23.5 Å². The maximum atomic E-state index is 9.87. The minimum atomic E-state index is -10.7. The van der Waals surface area contributed by atoms with Crippen molar-refractivity contribution in [2.45, 2.75) is 20.4 Å². The van der Waals surface area contributed by atoms with Gasteiger partial charge in [-0.3, -0.25) is 9.97 Å². The van der Waals surface area contributed by atoms with Crippen LogP contribution in [-0.4, -0.2) is 43.1 Å². The number of halogens is 6. The second kappa shape index (κ2) is 18.2. The standard InChI is InChI=1S/C11H17N2.C10H8N2.2C2H3N.F6P.Ru/c1-12(2)9-10-5-7-11(8-6-10)13(3)4;1-3-7-11-9(5-1)10-6-2-4-8-12-10;2*1-2-3;1-7(2,3,4,5)6;/h5,7-8H,9H2,1-4H3;1-8H;2*1H3;;/q-1;;;;-1;+2. The van der Waals surface area contributed by atoms with Crippen molar-refractivity contribution in [3.05, 3.63) is 78.6 Å². The van der Waals surface area contributed by atoms with Crippen LogP contribution >= 0.6 is 7.81 Å². The summed E-state index contributed by atoms with van der Waals surface area (Å²) in [5.41, 5.74) is 4.26. The molecule has 0 saturated heterocycles. The second-order valence-electron chi connectivity index (χ2n) is 7.54. The molecule has 0 aliphatic heterocycles. The molecule has 216 valence electrons. The van der Waals surface area contributed by atoms with E-state index in [9.17, 15) is 25.2 Å².